The van der Waals surface area contributed by atoms with E-state index in [1.54, 1.807) is 0 Å². The zero-order chi connectivity index (χ0) is 18.6. The zero-order valence-corrected chi connectivity index (χ0v) is 17.5. The van der Waals surface area contributed by atoms with Gasteiger partial charge in [-0.15, -0.1) is 12.4 Å². The van der Waals surface area contributed by atoms with E-state index in [1.807, 2.05) is 0 Å². The Kier molecular flexibility index (Phi) is 7.14. The number of hydrogen-bond acceptors (Lipinski definition) is 2. The number of amides is 1. The van der Waals surface area contributed by atoms with Gasteiger partial charge in [0, 0.05) is 25.4 Å². The van der Waals surface area contributed by atoms with Crippen LogP contribution < -0.4 is 5.32 Å². The third-order valence-corrected chi connectivity index (χ3v) is 6.43. The molecule has 2 aromatic carbocycles. The molecule has 0 aliphatic carbocycles. The molecule has 2 aliphatic heterocycles. The topological polar surface area (TPSA) is 32.3 Å². The highest BCUT2D eigenvalue weighted by atomic mass is 35.5. The maximum Gasteiger partial charge on any atom is 0.223 e. The van der Waals surface area contributed by atoms with Gasteiger partial charge >= 0.3 is 0 Å². The largest absolute Gasteiger partial charge is 0.337 e. The van der Waals surface area contributed by atoms with E-state index in [0.717, 1.165) is 26.2 Å². The van der Waals surface area contributed by atoms with Crippen LogP contribution in [-0.2, 0) is 11.3 Å². The molecule has 0 aromatic heterocycles. The summed E-state index contributed by atoms with van der Waals surface area (Å²) in [5.74, 6) is 1.73. The van der Waals surface area contributed by atoms with Crippen LogP contribution in [0.1, 0.15) is 48.8 Å². The van der Waals surface area contributed by atoms with Crippen molar-refractivity contribution in [3.8, 4) is 0 Å². The molecule has 1 saturated heterocycles. The highest BCUT2D eigenvalue weighted by Gasteiger charge is 2.30. The number of rotatable bonds is 4. The van der Waals surface area contributed by atoms with Gasteiger partial charge in [-0.25, -0.2) is 0 Å². The first-order valence-electron chi connectivity index (χ1n) is 10.3. The number of halogens is 1. The average Bonchev–Trinajstić information content (AvgIpc) is 2.74. The van der Waals surface area contributed by atoms with Crippen molar-refractivity contribution >= 4 is 18.3 Å². The molecule has 150 valence electrons. The van der Waals surface area contributed by atoms with Crippen LogP contribution in [0.2, 0.25) is 0 Å². The summed E-state index contributed by atoms with van der Waals surface area (Å²) in [6, 6.07) is 19.2. The second-order valence-corrected chi connectivity index (χ2v) is 8.21. The van der Waals surface area contributed by atoms with Crippen molar-refractivity contribution in [3.05, 3.63) is 71.3 Å². The van der Waals surface area contributed by atoms with Gasteiger partial charge in [-0.2, -0.15) is 0 Å². The van der Waals surface area contributed by atoms with Crippen molar-refractivity contribution in [1.82, 2.24) is 10.2 Å². The van der Waals surface area contributed by atoms with Gasteiger partial charge in [-0.1, -0.05) is 61.5 Å². The zero-order valence-electron chi connectivity index (χ0n) is 16.6. The van der Waals surface area contributed by atoms with Crippen molar-refractivity contribution in [3.63, 3.8) is 0 Å². The van der Waals surface area contributed by atoms with Gasteiger partial charge in [0.1, 0.15) is 0 Å². The van der Waals surface area contributed by atoms with E-state index < -0.39 is 0 Å². The molecule has 2 aliphatic rings. The van der Waals surface area contributed by atoms with Crippen molar-refractivity contribution in [2.45, 2.75) is 38.6 Å². The van der Waals surface area contributed by atoms with Gasteiger partial charge in [0.25, 0.3) is 0 Å². The molecule has 0 radical (unpaired) electrons. The number of hydrogen-bond donors (Lipinski definition) is 1. The maximum absolute atomic E-state index is 13.1. The lowest BCUT2D eigenvalue weighted by Gasteiger charge is -2.36. The second kappa shape index (κ2) is 9.58. The molecular formula is C24H31ClN2O. The van der Waals surface area contributed by atoms with Crippen LogP contribution >= 0.6 is 12.4 Å². The Morgan fingerprint density at radius 3 is 2.50 bits per heavy atom. The summed E-state index contributed by atoms with van der Waals surface area (Å²) >= 11 is 0. The minimum Gasteiger partial charge on any atom is -0.337 e. The predicted octanol–water partition coefficient (Wildman–Crippen LogP) is 4.61. The van der Waals surface area contributed by atoms with E-state index in [0.29, 0.717) is 24.2 Å². The van der Waals surface area contributed by atoms with Gasteiger partial charge in [-0.05, 0) is 54.5 Å². The Morgan fingerprint density at radius 2 is 1.75 bits per heavy atom. The summed E-state index contributed by atoms with van der Waals surface area (Å²) in [7, 11) is 0. The number of carbonyl (C=O) groups excluding carboxylic acids is 1. The molecule has 1 amide bonds. The van der Waals surface area contributed by atoms with E-state index in [1.165, 1.54) is 29.5 Å². The average molecular weight is 399 g/mol. The molecule has 2 aromatic rings. The van der Waals surface area contributed by atoms with Crippen molar-refractivity contribution in [1.29, 1.82) is 0 Å². The number of benzene rings is 2. The molecule has 4 rings (SSSR count). The number of nitrogens with zero attached hydrogens (tertiary/aromatic N) is 1. The maximum atomic E-state index is 13.1. The SMILES string of the molecule is CC(CC(=O)N1Cc2ccccc2C(c2ccccc2)C1)C1CCNCC1.Cl. The Morgan fingerprint density at radius 1 is 1.07 bits per heavy atom. The smallest absolute Gasteiger partial charge is 0.223 e. The first-order chi connectivity index (χ1) is 13.2. The first-order valence-corrected chi connectivity index (χ1v) is 10.3. The predicted molar refractivity (Wildman–Crippen MR) is 117 cm³/mol. The van der Waals surface area contributed by atoms with Crippen LogP contribution in [0.25, 0.3) is 0 Å². The third kappa shape index (κ3) is 4.59. The minimum absolute atomic E-state index is 0. The summed E-state index contributed by atoms with van der Waals surface area (Å²) in [5.41, 5.74) is 3.97. The van der Waals surface area contributed by atoms with Gasteiger partial charge in [-0.3, -0.25) is 4.79 Å². The Hall–Kier alpha value is -1.84. The number of carbonyl (C=O) groups is 1. The van der Waals surface area contributed by atoms with E-state index in [-0.39, 0.29) is 18.3 Å². The molecule has 0 saturated carbocycles. The Balaban J connectivity index is 0.00000225. The Labute approximate surface area is 174 Å². The number of nitrogens with one attached hydrogen (secondary N) is 1. The van der Waals surface area contributed by atoms with Crippen LogP contribution in [-0.4, -0.2) is 30.4 Å². The van der Waals surface area contributed by atoms with E-state index in [9.17, 15) is 4.79 Å². The molecule has 1 N–H and O–H groups in total. The van der Waals surface area contributed by atoms with Crippen molar-refractivity contribution < 1.29 is 4.79 Å². The fourth-order valence-electron chi connectivity index (χ4n) is 4.75. The monoisotopic (exact) mass is 398 g/mol. The van der Waals surface area contributed by atoms with Crippen molar-refractivity contribution in [2.75, 3.05) is 19.6 Å². The van der Waals surface area contributed by atoms with Crippen LogP contribution in [0, 0.1) is 11.8 Å². The standard InChI is InChI=1S/C24H30N2O.ClH/c1-18(19-11-13-25-14-12-19)15-24(27)26-16-21-9-5-6-10-22(21)23(17-26)20-7-3-2-4-8-20;/h2-10,18-19,23,25H,11-17H2,1H3;1H. The van der Waals surface area contributed by atoms with Crippen LogP contribution in [0.3, 0.4) is 0 Å². The number of fused-ring (bicyclic) bond motifs is 1. The normalized spacial score (nSPS) is 20.8. The fraction of sp³-hybridized carbons (Fsp3) is 0.458. The van der Waals surface area contributed by atoms with Crippen LogP contribution in [0.15, 0.2) is 54.6 Å². The lowest BCUT2D eigenvalue weighted by Crippen LogP contribution is -2.40. The summed E-state index contributed by atoms with van der Waals surface area (Å²) in [4.78, 5) is 15.2. The second-order valence-electron chi connectivity index (χ2n) is 8.21. The molecule has 1 fully saturated rings. The van der Waals surface area contributed by atoms with E-state index in [4.69, 9.17) is 0 Å². The van der Waals surface area contributed by atoms with Crippen LogP contribution in [0.4, 0.5) is 0 Å². The van der Waals surface area contributed by atoms with Gasteiger partial charge in [0.05, 0.1) is 0 Å². The lowest BCUT2D eigenvalue weighted by atomic mass is 9.82. The minimum atomic E-state index is 0. The van der Waals surface area contributed by atoms with E-state index >= 15 is 0 Å². The van der Waals surface area contributed by atoms with Gasteiger partial charge in [0.15, 0.2) is 0 Å². The molecule has 2 unspecified atom stereocenters. The molecule has 0 bridgehead atoms. The van der Waals surface area contributed by atoms with Crippen molar-refractivity contribution in [2.24, 2.45) is 11.8 Å². The van der Waals surface area contributed by atoms with Gasteiger partial charge in [0.2, 0.25) is 5.91 Å². The van der Waals surface area contributed by atoms with Gasteiger partial charge < -0.3 is 10.2 Å². The molecular weight excluding hydrogens is 368 g/mol. The Bertz CT molecular complexity index is 773. The summed E-state index contributed by atoms with van der Waals surface area (Å²) in [5, 5.41) is 3.43. The highest BCUT2D eigenvalue weighted by Crippen LogP contribution is 2.34. The molecule has 4 heteroatoms. The van der Waals surface area contributed by atoms with Crippen LogP contribution in [0.5, 0.6) is 0 Å². The molecule has 28 heavy (non-hydrogen) atoms. The molecule has 3 nitrogen and oxygen atoms in total. The summed E-state index contributed by atoms with van der Waals surface area (Å²) in [6.45, 7) is 5.99. The summed E-state index contributed by atoms with van der Waals surface area (Å²) in [6.07, 6.45) is 3.07. The quantitative estimate of drug-likeness (QED) is 0.815. The lowest BCUT2D eigenvalue weighted by molar-refractivity contribution is -0.133. The fourth-order valence-corrected chi connectivity index (χ4v) is 4.75. The summed E-state index contributed by atoms with van der Waals surface area (Å²) < 4.78 is 0. The van der Waals surface area contributed by atoms with E-state index in [2.05, 4.69) is 71.7 Å². The molecule has 2 atom stereocenters. The molecule has 2 heterocycles. The highest BCUT2D eigenvalue weighted by molar-refractivity contribution is 5.85. The first kappa shape index (κ1) is 20.9. The molecule has 0 spiro atoms. The third-order valence-electron chi connectivity index (χ3n) is 6.43. The number of piperidine rings is 1.